The first-order valence-electron chi connectivity index (χ1n) is 9.24. The van der Waals surface area contributed by atoms with Gasteiger partial charge < -0.3 is 14.8 Å². The van der Waals surface area contributed by atoms with Crippen molar-refractivity contribution >= 4 is 11.7 Å². The van der Waals surface area contributed by atoms with E-state index in [1.807, 2.05) is 47.3 Å². The predicted octanol–water partition coefficient (Wildman–Crippen LogP) is 2.72. The third-order valence-corrected chi connectivity index (χ3v) is 4.82. The molecule has 3 heterocycles. The van der Waals surface area contributed by atoms with Gasteiger partial charge in [0, 0.05) is 31.2 Å². The van der Waals surface area contributed by atoms with Crippen LogP contribution < -0.4 is 14.8 Å². The normalized spacial score (nSPS) is 15.4. The highest BCUT2D eigenvalue weighted by molar-refractivity contribution is 5.92. The number of aryl methyl sites for hydroxylation is 2. The molecule has 0 saturated carbocycles. The van der Waals surface area contributed by atoms with E-state index in [-0.39, 0.29) is 11.8 Å². The molecule has 1 unspecified atom stereocenters. The number of aromatic nitrogens is 3. The van der Waals surface area contributed by atoms with Gasteiger partial charge in [0.15, 0.2) is 5.82 Å². The molecule has 2 aromatic heterocycles. The van der Waals surface area contributed by atoms with Crippen LogP contribution in [-0.2, 0) is 24.2 Å². The van der Waals surface area contributed by atoms with Gasteiger partial charge in [0.25, 0.3) is 0 Å². The van der Waals surface area contributed by atoms with E-state index in [4.69, 9.17) is 9.47 Å². The number of hydrogen-bond acceptors (Lipinski definition) is 5. The van der Waals surface area contributed by atoms with Crippen LogP contribution >= 0.6 is 0 Å². The maximum absolute atomic E-state index is 12.6. The Bertz CT molecular complexity index is 955. The number of anilines is 1. The Hall–Kier alpha value is -3.35. The van der Waals surface area contributed by atoms with Crippen molar-refractivity contribution < 1.29 is 14.3 Å². The molecular formula is C21H22N4O3. The quantitative estimate of drug-likeness (QED) is 0.714. The number of benzene rings is 1. The van der Waals surface area contributed by atoms with Gasteiger partial charge in [-0.15, -0.1) is 0 Å². The molecule has 0 fully saturated rings. The second kappa shape index (κ2) is 8.12. The molecule has 0 aliphatic carbocycles. The Kier molecular flexibility index (Phi) is 5.23. The van der Waals surface area contributed by atoms with Crippen molar-refractivity contribution in [2.24, 2.45) is 5.92 Å². The number of ether oxygens (including phenoxy) is 2. The molecule has 1 aliphatic rings. The molecule has 0 spiro atoms. The summed E-state index contributed by atoms with van der Waals surface area (Å²) in [5, 5.41) is 7.34. The number of hydrogen-bond donors (Lipinski definition) is 1. The minimum absolute atomic E-state index is 0.0900. The number of carbonyl (C=O) groups excluding carboxylic acids is 1. The molecular weight excluding hydrogens is 356 g/mol. The van der Waals surface area contributed by atoms with Crippen LogP contribution in [0.3, 0.4) is 0 Å². The fourth-order valence-electron chi connectivity index (χ4n) is 3.24. The van der Waals surface area contributed by atoms with Crippen molar-refractivity contribution in [3.63, 3.8) is 0 Å². The first kappa shape index (κ1) is 18.0. The summed E-state index contributed by atoms with van der Waals surface area (Å²) in [7, 11) is 1.63. The largest absolute Gasteiger partial charge is 0.497 e. The van der Waals surface area contributed by atoms with Crippen molar-refractivity contribution in [3.8, 4) is 11.5 Å². The highest BCUT2D eigenvalue weighted by atomic mass is 16.5. The highest BCUT2D eigenvalue weighted by Gasteiger charge is 2.26. The number of pyridine rings is 1. The fraction of sp³-hybridized carbons (Fsp3) is 0.286. The lowest BCUT2D eigenvalue weighted by atomic mass is 9.96. The van der Waals surface area contributed by atoms with E-state index in [0.717, 1.165) is 30.0 Å². The van der Waals surface area contributed by atoms with Gasteiger partial charge in [-0.25, -0.2) is 0 Å². The van der Waals surface area contributed by atoms with Crippen LogP contribution in [-0.4, -0.2) is 34.4 Å². The standard InChI is InChI=1S/C21H22N4O3/c1-27-18-2-3-19-16(13-18)12-17(14-28-19)21(26)23-20-7-11-25(24-20)10-6-15-4-8-22-9-5-15/h2-5,7-9,11,13,17H,6,10,12,14H2,1H3,(H,23,24,26). The first-order chi connectivity index (χ1) is 13.7. The molecule has 7 heteroatoms. The SMILES string of the molecule is COc1ccc2c(c1)CC(C(=O)Nc1ccn(CCc3ccncc3)n1)CO2. The molecule has 7 nitrogen and oxygen atoms in total. The fourth-order valence-corrected chi connectivity index (χ4v) is 3.24. The third-order valence-electron chi connectivity index (χ3n) is 4.82. The van der Waals surface area contributed by atoms with Crippen LogP contribution in [0.4, 0.5) is 5.82 Å². The van der Waals surface area contributed by atoms with Crippen molar-refractivity contribution in [1.29, 1.82) is 0 Å². The van der Waals surface area contributed by atoms with Crippen molar-refractivity contribution in [3.05, 3.63) is 66.1 Å². The van der Waals surface area contributed by atoms with Gasteiger partial charge in [0.2, 0.25) is 5.91 Å². The van der Waals surface area contributed by atoms with Gasteiger partial charge >= 0.3 is 0 Å². The summed E-state index contributed by atoms with van der Waals surface area (Å²) in [5.74, 6) is 1.77. The van der Waals surface area contributed by atoms with Crippen LogP contribution in [0, 0.1) is 5.92 Å². The predicted molar refractivity (Wildman–Crippen MR) is 104 cm³/mol. The highest BCUT2D eigenvalue weighted by Crippen LogP contribution is 2.31. The van der Waals surface area contributed by atoms with E-state index in [2.05, 4.69) is 15.4 Å². The summed E-state index contributed by atoms with van der Waals surface area (Å²) < 4.78 is 12.8. The van der Waals surface area contributed by atoms with Crippen molar-refractivity contribution in [2.45, 2.75) is 19.4 Å². The Morgan fingerprint density at radius 1 is 1.29 bits per heavy atom. The Morgan fingerprint density at radius 2 is 2.14 bits per heavy atom. The summed E-state index contributed by atoms with van der Waals surface area (Å²) in [6, 6.07) is 11.4. The Balaban J connectivity index is 1.34. The topological polar surface area (TPSA) is 78.3 Å². The molecule has 144 valence electrons. The van der Waals surface area contributed by atoms with Gasteiger partial charge in [0.05, 0.1) is 13.0 Å². The molecule has 1 amide bonds. The number of rotatable bonds is 6. The molecule has 1 atom stereocenters. The van der Waals surface area contributed by atoms with Gasteiger partial charge in [-0.1, -0.05) is 0 Å². The monoisotopic (exact) mass is 378 g/mol. The van der Waals surface area contributed by atoms with E-state index < -0.39 is 0 Å². The zero-order chi connectivity index (χ0) is 19.3. The average molecular weight is 378 g/mol. The van der Waals surface area contributed by atoms with E-state index >= 15 is 0 Å². The van der Waals surface area contributed by atoms with E-state index in [1.54, 1.807) is 19.5 Å². The number of methoxy groups -OCH3 is 1. The first-order valence-corrected chi connectivity index (χ1v) is 9.24. The van der Waals surface area contributed by atoms with E-state index in [1.165, 1.54) is 5.56 Å². The lowest BCUT2D eigenvalue weighted by Crippen LogP contribution is -2.32. The molecule has 3 aromatic rings. The van der Waals surface area contributed by atoms with E-state index in [9.17, 15) is 4.79 Å². The number of amides is 1. The maximum Gasteiger partial charge on any atom is 0.232 e. The van der Waals surface area contributed by atoms with Crippen LogP contribution in [0.15, 0.2) is 55.0 Å². The third kappa shape index (κ3) is 4.14. The summed E-state index contributed by atoms with van der Waals surface area (Å²) in [5.41, 5.74) is 2.18. The summed E-state index contributed by atoms with van der Waals surface area (Å²) in [4.78, 5) is 16.7. The molecule has 4 rings (SSSR count). The summed E-state index contributed by atoms with van der Waals surface area (Å²) in [6.07, 6.45) is 6.90. The van der Waals surface area contributed by atoms with Crippen LogP contribution in [0.5, 0.6) is 11.5 Å². The molecule has 1 aromatic carbocycles. The Labute approximate surface area is 163 Å². The van der Waals surface area contributed by atoms with Gasteiger partial charge in [0.1, 0.15) is 18.1 Å². The molecule has 0 bridgehead atoms. The van der Waals surface area contributed by atoms with Crippen LogP contribution in [0.2, 0.25) is 0 Å². The second-order valence-corrected chi connectivity index (χ2v) is 6.74. The number of carbonyl (C=O) groups is 1. The van der Waals surface area contributed by atoms with Crippen LogP contribution in [0.25, 0.3) is 0 Å². The minimum atomic E-state index is -0.262. The summed E-state index contributed by atoms with van der Waals surface area (Å²) >= 11 is 0. The summed E-state index contributed by atoms with van der Waals surface area (Å²) in [6.45, 7) is 1.09. The lowest BCUT2D eigenvalue weighted by Gasteiger charge is -2.24. The number of fused-ring (bicyclic) bond motifs is 1. The Morgan fingerprint density at radius 3 is 2.96 bits per heavy atom. The second-order valence-electron chi connectivity index (χ2n) is 6.74. The zero-order valence-electron chi connectivity index (χ0n) is 15.7. The van der Waals surface area contributed by atoms with Gasteiger partial charge in [-0.3, -0.25) is 14.5 Å². The maximum atomic E-state index is 12.6. The molecule has 1 aliphatic heterocycles. The number of nitrogens with one attached hydrogen (secondary N) is 1. The van der Waals surface area contributed by atoms with E-state index in [0.29, 0.717) is 18.8 Å². The molecule has 28 heavy (non-hydrogen) atoms. The molecule has 0 saturated heterocycles. The van der Waals surface area contributed by atoms with Gasteiger partial charge in [-0.05, 0) is 54.3 Å². The van der Waals surface area contributed by atoms with Crippen molar-refractivity contribution in [2.75, 3.05) is 19.0 Å². The smallest absolute Gasteiger partial charge is 0.232 e. The minimum Gasteiger partial charge on any atom is -0.497 e. The lowest BCUT2D eigenvalue weighted by molar-refractivity contribution is -0.121. The van der Waals surface area contributed by atoms with Crippen LogP contribution in [0.1, 0.15) is 11.1 Å². The van der Waals surface area contributed by atoms with Gasteiger partial charge in [-0.2, -0.15) is 5.10 Å². The number of nitrogens with zero attached hydrogens (tertiary/aromatic N) is 3. The molecule has 0 radical (unpaired) electrons. The zero-order valence-corrected chi connectivity index (χ0v) is 15.7. The van der Waals surface area contributed by atoms with Crippen molar-refractivity contribution in [1.82, 2.24) is 14.8 Å². The molecule has 1 N–H and O–H groups in total. The average Bonchev–Trinajstić information content (AvgIpc) is 3.19.